The average molecular weight is 295 g/mol. The van der Waals surface area contributed by atoms with E-state index in [1.807, 2.05) is 11.4 Å². The van der Waals surface area contributed by atoms with Gasteiger partial charge in [-0.25, -0.2) is 0 Å². The minimum absolute atomic E-state index is 0.0341. The van der Waals surface area contributed by atoms with Gasteiger partial charge >= 0.3 is 0 Å². The van der Waals surface area contributed by atoms with Crippen LogP contribution in [0.2, 0.25) is 0 Å². The maximum atomic E-state index is 12.4. The molecule has 0 bridgehead atoms. The summed E-state index contributed by atoms with van der Waals surface area (Å²) in [7, 11) is 0. The Morgan fingerprint density at radius 2 is 2.37 bits per heavy atom. The van der Waals surface area contributed by atoms with Crippen LogP contribution >= 0.6 is 23.6 Å². The van der Waals surface area contributed by atoms with E-state index in [9.17, 15) is 4.79 Å². The van der Waals surface area contributed by atoms with Crippen molar-refractivity contribution < 1.29 is 0 Å². The first-order valence-electron chi connectivity index (χ1n) is 6.65. The Kier molecular flexibility index (Phi) is 3.56. The first-order valence-corrected chi connectivity index (χ1v) is 7.94. The molecule has 1 fully saturated rings. The average Bonchev–Trinajstić information content (AvgIpc) is 3.12. The number of hydrogen-bond donors (Lipinski definition) is 1. The summed E-state index contributed by atoms with van der Waals surface area (Å²) in [4.78, 5) is 18.8. The van der Waals surface area contributed by atoms with Crippen LogP contribution in [0.15, 0.2) is 16.2 Å². The lowest BCUT2D eigenvalue weighted by molar-refractivity contribution is 0.264. The monoisotopic (exact) mass is 295 g/mol. The fraction of sp³-hybridized carbons (Fsp3) is 0.538. The van der Waals surface area contributed by atoms with Gasteiger partial charge < -0.3 is 4.98 Å². The van der Waals surface area contributed by atoms with E-state index in [1.54, 1.807) is 4.57 Å². The van der Waals surface area contributed by atoms with Gasteiger partial charge in [-0.1, -0.05) is 6.92 Å². The maximum Gasteiger partial charge on any atom is 0.263 e. The molecule has 0 unspecified atom stereocenters. The fourth-order valence-electron chi connectivity index (χ4n) is 2.45. The zero-order chi connectivity index (χ0) is 13.4. The molecule has 1 N–H and O–H groups in total. The Morgan fingerprint density at radius 3 is 3.05 bits per heavy atom. The van der Waals surface area contributed by atoms with Crippen molar-refractivity contribution in [2.75, 3.05) is 13.1 Å². The second-order valence-electron chi connectivity index (χ2n) is 4.91. The topological polar surface area (TPSA) is 41.0 Å². The summed E-state index contributed by atoms with van der Waals surface area (Å²) in [6.07, 6.45) is 2.58. The number of nitrogens with zero attached hydrogens (tertiary/aromatic N) is 2. The molecule has 3 rings (SSSR count). The number of aromatic amines is 1. The summed E-state index contributed by atoms with van der Waals surface area (Å²) < 4.78 is 2.22. The van der Waals surface area contributed by atoms with Crippen molar-refractivity contribution in [2.45, 2.75) is 32.4 Å². The molecule has 1 aliphatic carbocycles. The summed E-state index contributed by atoms with van der Waals surface area (Å²) in [6, 6.07) is 2.59. The molecule has 0 aliphatic heterocycles. The third kappa shape index (κ3) is 2.52. The van der Waals surface area contributed by atoms with Crippen LogP contribution in [0.4, 0.5) is 0 Å². The molecule has 2 aromatic heterocycles. The van der Waals surface area contributed by atoms with Crippen molar-refractivity contribution in [3.8, 4) is 0 Å². The number of hydrogen-bond acceptors (Lipinski definition) is 4. The number of H-pyrrole nitrogens is 1. The summed E-state index contributed by atoms with van der Waals surface area (Å²) in [6.45, 7) is 4.78. The molecule has 0 radical (unpaired) electrons. The van der Waals surface area contributed by atoms with Gasteiger partial charge in [-0.05, 0) is 43.1 Å². The molecule has 0 aromatic carbocycles. The van der Waals surface area contributed by atoms with Crippen molar-refractivity contribution in [1.82, 2.24) is 14.5 Å². The van der Waals surface area contributed by atoms with E-state index in [-0.39, 0.29) is 5.56 Å². The van der Waals surface area contributed by atoms with Gasteiger partial charge in [0.15, 0.2) is 4.77 Å². The van der Waals surface area contributed by atoms with Crippen LogP contribution in [-0.4, -0.2) is 33.6 Å². The molecule has 0 amide bonds. The van der Waals surface area contributed by atoms with Gasteiger partial charge in [0.05, 0.1) is 5.39 Å². The van der Waals surface area contributed by atoms with E-state index in [2.05, 4.69) is 16.8 Å². The highest BCUT2D eigenvalue weighted by molar-refractivity contribution is 7.71. The van der Waals surface area contributed by atoms with Gasteiger partial charge in [-0.2, -0.15) is 0 Å². The molecule has 0 atom stereocenters. The first-order chi connectivity index (χ1) is 9.20. The molecule has 2 heterocycles. The third-order valence-corrected chi connectivity index (χ3v) is 4.84. The van der Waals surface area contributed by atoms with E-state index in [0.29, 0.717) is 11.3 Å². The van der Waals surface area contributed by atoms with Crippen LogP contribution in [0.1, 0.15) is 19.8 Å². The van der Waals surface area contributed by atoms with Crippen LogP contribution in [0.3, 0.4) is 0 Å². The second kappa shape index (κ2) is 5.19. The lowest BCUT2D eigenvalue weighted by atomic mass is 10.4. The summed E-state index contributed by atoms with van der Waals surface area (Å²) in [5, 5.41) is 2.66. The van der Waals surface area contributed by atoms with E-state index < -0.39 is 0 Å². The Morgan fingerprint density at radius 1 is 1.58 bits per heavy atom. The normalized spacial score (nSPS) is 15.5. The van der Waals surface area contributed by atoms with Crippen molar-refractivity contribution in [3.05, 3.63) is 26.6 Å². The Labute approximate surface area is 120 Å². The smallest absolute Gasteiger partial charge is 0.263 e. The molecule has 0 saturated heterocycles. The highest BCUT2D eigenvalue weighted by Crippen LogP contribution is 2.26. The van der Waals surface area contributed by atoms with Gasteiger partial charge in [0, 0.05) is 19.1 Å². The molecular weight excluding hydrogens is 278 g/mol. The lowest BCUT2D eigenvalue weighted by Crippen LogP contribution is -2.33. The number of aromatic nitrogens is 2. The van der Waals surface area contributed by atoms with Gasteiger partial charge in [0.1, 0.15) is 4.83 Å². The number of fused-ring (bicyclic) bond motifs is 1. The van der Waals surface area contributed by atoms with Crippen molar-refractivity contribution in [3.63, 3.8) is 0 Å². The molecule has 2 aromatic rings. The molecule has 1 aliphatic rings. The van der Waals surface area contributed by atoms with E-state index in [0.717, 1.165) is 29.3 Å². The quantitative estimate of drug-likeness (QED) is 0.862. The SMILES string of the molecule is CCN(CCn1c(=S)[nH]c2sccc2c1=O)C1CC1. The van der Waals surface area contributed by atoms with Crippen LogP contribution in [0, 0.1) is 4.77 Å². The number of nitrogens with one attached hydrogen (secondary N) is 1. The summed E-state index contributed by atoms with van der Waals surface area (Å²) in [5.41, 5.74) is 0.0341. The van der Waals surface area contributed by atoms with E-state index in [4.69, 9.17) is 12.2 Å². The predicted molar refractivity (Wildman–Crippen MR) is 81.5 cm³/mol. The van der Waals surface area contributed by atoms with Crippen LogP contribution in [0.5, 0.6) is 0 Å². The first kappa shape index (κ1) is 13.0. The molecular formula is C13H17N3OS2. The Bertz CT molecular complexity index is 696. The van der Waals surface area contributed by atoms with Crippen LogP contribution in [-0.2, 0) is 6.54 Å². The highest BCUT2D eigenvalue weighted by atomic mass is 32.1. The molecule has 102 valence electrons. The molecule has 4 nitrogen and oxygen atoms in total. The molecule has 1 saturated carbocycles. The molecule has 19 heavy (non-hydrogen) atoms. The number of thiophene rings is 1. The lowest BCUT2D eigenvalue weighted by Gasteiger charge is -2.20. The van der Waals surface area contributed by atoms with Gasteiger partial charge in [-0.3, -0.25) is 14.3 Å². The summed E-state index contributed by atoms with van der Waals surface area (Å²) in [5.74, 6) is 0. The minimum Gasteiger partial charge on any atom is -0.323 e. The van der Waals surface area contributed by atoms with Crippen LogP contribution in [0.25, 0.3) is 10.2 Å². The predicted octanol–water partition coefficient (Wildman–Crippen LogP) is 2.60. The Hall–Kier alpha value is -0.980. The fourth-order valence-corrected chi connectivity index (χ4v) is 3.57. The van der Waals surface area contributed by atoms with E-state index in [1.165, 1.54) is 24.2 Å². The third-order valence-electron chi connectivity index (χ3n) is 3.69. The van der Waals surface area contributed by atoms with Crippen molar-refractivity contribution in [1.29, 1.82) is 0 Å². The van der Waals surface area contributed by atoms with Gasteiger partial charge in [0.2, 0.25) is 0 Å². The van der Waals surface area contributed by atoms with Crippen molar-refractivity contribution in [2.24, 2.45) is 0 Å². The van der Waals surface area contributed by atoms with Crippen LogP contribution < -0.4 is 5.56 Å². The maximum absolute atomic E-state index is 12.4. The second-order valence-corrected chi connectivity index (χ2v) is 6.21. The largest absolute Gasteiger partial charge is 0.323 e. The standard InChI is InChI=1S/C13H17N3OS2/c1-2-15(9-3-4-9)6-7-16-12(17)10-5-8-19-11(10)14-13(16)18/h5,8-9H,2-4,6-7H2,1H3,(H,14,18). The van der Waals surface area contributed by atoms with Crippen molar-refractivity contribution >= 4 is 33.8 Å². The number of likely N-dealkylation sites (N-methyl/N-ethyl adjacent to an activating group) is 1. The zero-order valence-electron chi connectivity index (χ0n) is 10.9. The van der Waals surface area contributed by atoms with Gasteiger partial charge in [-0.15, -0.1) is 11.3 Å². The number of rotatable bonds is 5. The highest BCUT2D eigenvalue weighted by Gasteiger charge is 2.27. The Balaban J connectivity index is 1.87. The summed E-state index contributed by atoms with van der Waals surface area (Å²) >= 11 is 6.82. The molecule has 6 heteroatoms. The minimum atomic E-state index is 0.0341. The van der Waals surface area contributed by atoms with E-state index >= 15 is 0 Å². The van der Waals surface area contributed by atoms with Gasteiger partial charge in [0.25, 0.3) is 5.56 Å². The molecule has 0 spiro atoms. The zero-order valence-corrected chi connectivity index (χ0v) is 12.5.